The van der Waals surface area contributed by atoms with Crippen LogP contribution in [0, 0.1) is 23.7 Å². The maximum Gasteiger partial charge on any atom is 0.355 e. The van der Waals surface area contributed by atoms with Crippen LogP contribution in [0.25, 0.3) is 0 Å². The Labute approximate surface area is 547 Å². The van der Waals surface area contributed by atoms with Gasteiger partial charge in [-0.15, -0.1) is 23.7 Å². The van der Waals surface area contributed by atoms with Crippen molar-refractivity contribution < 1.29 is 23.4 Å². The van der Waals surface area contributed by atoms with Gasteiger partial charge in [0, 0.05) is 57.7 Å². The predicted molar refractivity (Wildman–Crippen MR) is 392 cm³/mol. The molecule has 1 N–H and O–H groups in total. The zero-order valence-corrected chi connectivity index (χ0v) is 61.1. The molecule has 1 saturated heterocycles. The second-order valence-corrected chi connectivity index (χ2v) is 37.7. The fourth-order valence-electron chi connectivity index (χ4n) is 12.3. The molecule has 0 radical (unpaired) electrons. The average Bonchev–Trinajstić information content (AvgIpc) is 1.01. The van der Waals surface area contributed by atoms with Crippen molar-refractivity contribution in [1.29, 1.82) is 1.28 Å². The monoisotopic (exact) mass is 1280 g/mol. The Balaban J connectivity index is 0.000000438. The maximum absolute atomic E-state index is 8.81. The Morgan fingerprint density at radius 2 is 0.782 bits per heavy atom. The van der Waals surface area contributed by atoms with Crippen molar-refractivity contribution in [2.75, 3.05) is 19.8 Å². The lowest BCUT2D eigenvalue weighted by Gasteiger charge is -2.44. The van der Waals surface area contributed by atoms with E-state index in [4.69, 9.17) is 24.7 Å². The summed E-state index contributed by atoms with van der Waals surface area (Å²) in [6.07, 6.45) is 41.1. The van der Waals surface area contributed by atoms with Gasteiger partial charge in [-0.3, -0.25) is 0 Å². The van der Waals surface area contributed by atoms with Crippen molar-refractivity contribution in [2.24, 2.45) is 0 Å². The van der Waals surface area contributed by atoms with Crippen molar-refractivity contribution in [1.82, 2.24) is 0 Å². The Morgan fingerprint density at radius 3 is 1.07 bits per heavy atom. The molecule has 1 fully saturated rings. The number of hydrogen-bond acceptors (Lipinski definition) is 6. The summed E-state index contributed by atoms with van der Waals surface area (Å²) in [6, 6.07) is 43.8. The summed E-state index contributed by atoms with van der Waals surface area (Å²) in [5.74, 6) is 13.7. The van der Waals surface area contributed by atoms with Gasteiger partial charge in [-0.1, -0.05) is 278 Å². The van der Waals surface area contributed by atoms with Crippen molar-refractivity contribution in [2.45, 2.75) is 296 Å². The highest BCUT2D eigenvalue weighted by Gasteiger charge is 2.52. The molecule has 1 aliphatic heterocycles. The summed E-state index contributed by atoms with van der Waals surface area (Å²) < 4.78 is 32.3. The highest BCUT2D eigenvalue weighted by molar-refractivity contribution is 8.24. The van der Waals surface area contributed by atoms with Gasteiger partial charge in [0.15, 0.2) is 25.1 Å². The molecule has 1 aliphatic rings. The van der Waals surface area contributed by atoms with Gasteiger partial charge in [0.1, 0.15) is 0 Å². The van der Waals surface area contributed by atoms with Crippen LogP contribution in [0.4, 0.5) is 0 Å². The molecule has 0 aliphatic carbocycles. The van der Waals surface area contributed by atoms with E-state index < -0.39 is 23.6 Å². The van der Waals surface area contributed by atoms with Crippen LogP contribution >= 0.6 is 15.9 Å². The Hall–Kier alpha value is -2.82. The zero-order valence-electron chi connectivity index (χ0n) is 57.2. The minimum absolute atomic E-state index is 0.0177. The number of aliphatic hydroxyl groups excluding tert-OH is 1. The first-order valence-electron chi connectivity index (χ1n) is 35.1. The van der Waals surface area contributed by atoms with Gasteiger partial charge in [0.25, 0.3) is 16.6 Å². The highest BCUT2D eigenvalue weighted by Crippen LogP contribution is 2.39. The van der Waals surface area contributed by atoms with E-state index >= 15 is 0 Å². The molecular weight excluding hydrogens is 1160 g/mol. The molecule has 5 rings (SSSR count). The molecular formula is C77H123O5P2SSi2+. The first-order chi connectivity index (χ1) is 42.6. The van der Waals surface area contributed by atoms with E-state index in [0.717, 1.165) is 77.4 Å². The van der Waals surface area contributed by atoms with Gasteiger partial charge in [-0.2, -0.15) is 0 Å². The topological polar surface area (TPSA) is 57.2 Å². The summed E-state index contributed by atoms with van der Waals surface area (Å²) in [6.45, 7) is 19.8. The zero-order chi connectivity index (χ0) is 63.9. The van der Waals surface area contributed by atoms with Gasteiger partial charge < -0.3 is 23.4 Å². The molecule has 0 bridgehead atoms. The van der Waals surface area contributed by atoms with E-state index in [0.29, 0.717) is 6.61 Å². The summed E-state index contributed by atoms with van der Waals surface area (Å²) in [4.78, 5) is 0. The van der Waals surface area contributed by atoms with Crippen LogP contribution in [0.3, 0.4) is 0 Å². The van der Waals surface area contributed by atoms with Gasteiger partial charge in [-0.05, 0) is 115 Å². The van der Waals surface area contributed by atoms with Gasteiger partial charge in [-0.25, -0.2) is 0 Å². The molecule has 4 aromatic carbocycles. The Bertz CT molecular complexity index is 2370. The molecule has 10 heteroatoms. The molecule has 5 unspecified atom stereocenters. The number of rotatable bonds is 40. The van der Waals surface area contributed by atoms with E-state index in [1.807, 2.05) is 0 Å². The summed E-state index contributed by atoms with van der Waals surface area (Å²) in [7, 11) is -2.74. The number of unbranched alkanes of at least 4 members (excludes halogenated alkanes) is 24. The molecule has 1 heterocycles. The third-order valence-electron chi connectivity index (χ3n) is 17.0. The lowest BCUT2D eigenvalue weighted by molar-refractivity contribution is -0.162. The quantitative estimate of drug-likeness (QED) is 0.0207. The molecule has 4 aromatic rings. The van der Waals surface area contributed by atoms with Gasteiger partial charge in [0.2, 0.25) is 0 Å². The van der Waals surface area contributed by atoms with Crippen LogP contribution in [-0.4, -0.2) is 61.3 Å². The molecule has 0 spiro atoms. The normalized spacial score (nSPS) is 14.6. The molecule has 5 atom stereocenters. The second kappa shape index (κ2) is 48.9. The predicted octanol–water partition coefficient (Wildman–Crippen LogP) is 20.1. The van der Waals surface area contributed by atoms with Crippen LogP contribution in [0.5, 0.6) is 0 Å². The number of benzene rings is 4. The van der Waals surface area contributed by atoms with E-state index in [2.05, 4.69) is 221 Å². The molecule has 87 heavy (non-hydrogen) atoms. The minimum atomic E-state index is -2.48. The molecule has 5 nitrogen and oxygen atoms in total. The van der Waals surface area contributed by atoms with Crippen LogP contribution in [-0.2, 0) is 30.1 Å². The standard InChI is InChI=1S/C41H64O3Si.C36H56O2Si.H2P2S/c1-37(44-45(41(2,3)4,38-30-22-19-23-31-38)39-32-24-20-25-33-39)29-21-17-15-13-11-9-7-5-6-8-10-12-14-16-18-27-35-42-40-34-26-28-36-43-40;1-33(27-21-17-15-13-11-9-7-5-6-8-10-12-14-16-18-26-32-37)38-39(36(2,3)4,34-28-22-19-23-29-34)35-30-24-20-25-31-35;1-2-3/h19-20,22-25,30-33,37,40H,5-12,14,16-18,21,26-29,34-36H2,1-4H3;19-20,22-25,28-31,33,37H,5-12,14,16-18,21,26-27,32H2,1-4H3;1H2/p+1/i/hT. The Morgan fingerprint density at radius 1 is 0.494 bits per heavy atom. The first kappa shape index (κ1) is 76.6. The summed E-state index contributed by atoms with van der Waals surface area (Å²) >= 11 is 4.31. The van der Waals surface area contributed by atoms with E-state index in [-0.39, 0.29) is 28.6 Å². The number of hydrogen-bond donors (Lipinski definition) is 1. The lowest BCUT2D eigenvalue weighted by atomic mass is 10.1. The van der Waals surface area contributed by atoms with Crippen molar-refractivity contribution >= 4 is 65.1 Å². The van der Waals surface area contributed by atoms with Gasteiger partial charge in [0.05, 0.1) is 8.93 Å². The SMILES string of the molecule is CC(CCCC#CCCCCCCCCCCCCCO)O[Si](c1ccccc1)(c1ccccc1)C(C)(C)C.CC(CCCC#CCCCCCCCCCCCCCOC1CCCCO1)O[Si](c1ccccc1)(c1ccccc1)C(C)(C)C.[3H][P+](P)=S. The maximum atomic E-state index is 8.81. The number of ether oxygens (including phenoxy) is 2. The largest absolute Gasteiger partial charge is 0.405 e. The number of aliphatic hydroxyl groups is 1. The fourth-order valence-corrected chi connectivity index (χ4v) is 21.8. The molecule has 484 valence electrons. The van der Waals surface area contributed by atoms with E-state index in [1.165, 1.54) is 168 Å². The summed E-state index contributed by atoms with van der Waals surface area (Å²) in [5.41, 5.74) is 0. The fraction of sp³-hybridized carbons (Fsp3) is 0.636. The van der Waals surface area contributed by atoms with Crippen molar-refractivity contribution in [3.63, 3.8) is 0 Å². The van der Waals surface area contributed by atoms with Crippen LogP contribution in [0.1, 0.15) is 267 Å². The average molecular weight is 1280 g/mol. The highest BCUT2D eigenvalue weighted by atomic mass is 32.6. The van der Waals surface area contributed by atoms with E-state index in [9.17, 15) is 0 Å². The minimum Gasteiger partial charge on any atom is -0.405 e. The van der Waals surface area contributed by atoms with E-state index in [1.54, 1.807) is 0 Å². The van der Waals surface area contributed by atoms with Gasteiger partial charge >= 0.3 is 1.28 Å². The van der Waals surface area contributed by atoms with Crippen LogP contribution in [0.2, 0.25) is 10.1 Å². The second-order valence-electron chi connectivity index (χ2n) is 26.4. The third kappa shape index (κ3) is 32.3. The molecule has 0 amide bonds. The third-order valence-corrected chi connectivity index (χ3v) is 27.3. The van der Waals surface area contributed by atoms with Crippen LogP contribution < -0.4 is 20.7 Å². The van der Waals surface area contributed by atoms with Crippen molar-refractivity contribution in [3.8, 4) is 23.7 Å². The molecule has 0 aromatic heterocycles. The van der Waals surface area contributed by atoms with Crippen LogP contribution in [0.15, 0.2) is 121 Å². The molecule has 0 saturated carbocycles. The smallest absolute Gasteiger partial charge is 0.355 e. The lowest BCUT2D eigenvalue weighted by Crippen LogP contribution is -2.67. The Kier molecular flexibility index (Phi) is 43.1. The first-order valence-corrected chi connectivity index (χ1v) is 42.0. The summed E-state index contributed by atoms with van der Waals surface area (Å²) in [5, 5.41) is 14.3. The van der Waals surface area contributed by atoms with Crippen molar-refractivity contribution in [3.05, 3.63) is 121 Å².